The van der Waals surface area contributed by atoms with Crippen molar-refractivity contribution in [1.29, 1.82) is 0 Å². The zero-order valence-electron chi connectivity index (χ0n) is 17.8. The van der Waals surface area contributed by atoms with E-state index in [0.29, 0.717) is 15.8 Å². The average Bonchev–Trinajstić information content (AvgIpc) is 3.34. The molecule has 0 saturated carbocycles. The summed E-state index contributed by atoms with van der Waals surface area (Å²) in [6.07, 6.45) is -1.47. The second kappa shape index (κ2) is 8.39. The number of alkyl halides is 3. The van der Waals surface area contributed by atoms with Crippen LogP contribution in [0.15, 0.2) is 42.7 Å². The molecule has 0 aliphatic rings. The number of nitrogens with zero attached hydrogens (tertiary/aromatic N) is 6. The molecule has 0 saturated heterocycles. The van der Waals surface area contributed by atoms with Crippen LogP contribution in [-0.2, 0) is 19.8 Å². The minimum absolute atomic E-state index is 0.0123. The maximum absolute atomic E-state index is 13.9. The zero-order valence-corrected chi connectivity index (χ0v) is 18.5. The number of fused-ring (bicyclic) bond motifs is 1. The number of methoxy groups -OCH3 is 1. The summed E-state index contributed by atoms with van der Waals surface area (Å²) in [7, 11) is 4.68. The molecule has 4 aromatic rings. The number of carbonyl (C=O) groups excluding carboxylic acids is 1. The Morgan fingerprint density at radius 1 is 1.27 bits per heavy atom. The molecule has 0 unspecified atom stereocenters. The Bertz CT molecular complexity index is 1350. The van der Waals surface area contributed by atoms with Crippen LogP contribution in [-0.4, -0.2) is 49.3 Å². The van der Waals surface area contributed by atoms with Gasteiger partial charge in [0.25, 0.3) is 5.91 Å². The second-order valence-electron chi connectivity index (χ2n) is 7.34. The third-order valence-electron chi connectivity index (χ3n) is 4.92. The molecule has 3 heterocycles. The highest BCUT2D eigenvalue weighted by Crippen LogP contribution is 2.35. The van der Waals surface area contributed by atoms with Crippen LogP contribution in [0.25, 0.3) is 16.9 Å². The molecule has 0 atom stereocenters. The number of hydrogen-bond acceptors (Lipinski definition) is 5. The molecule has 172 valence electrons. The summed E-state index contributed by atoms with van der Waals surface area (Å²) in [5.74, 6) is -0.194. The summed E-state index contributed by atoms with van der Waals surface area (Å²) >= 11 is 6.34. The Labute approximate surface area is 191 Å². The summed E-state index contributed by atoms with van der Waals surface area (Å²) in [6, 6.07) is 7.30. The van der Waals surface area contributed by atoms with Gasteiger partial charge in [0.1, 0.15) is 10.8 Å². The van der Waals surface area contributed by atoms with Gasteiger partial charge in [0.2, 0.25) is 0 Å². The molecular formula is C21H18ClF3N6O2. The van der Waals surface area contributed by atoms with Gasteiger partial charge in [0.15, 0.2) is 17.0 Å². The Hall–Kier alpha value is -3.60. The van der Waals surface area contributed by atoms with E-state index < -0.39 is 17.8 Å². The number of aromatic nitrogens is 5. The summed E-state index contributed by atoms with van der Waals surface area (Å²) in [5, 5.41) is 7.64. The topological polar surface area (TPSA) is 77.5 Å². The van der Waals surface area contributed by atoms with Gasteiger partial charge in [-0.3, -0.25) is 9.48 Å². The fraction of sp³-hybridized carbons (Fsp3) is 0.238. The van der Waals surface area contributed by atoms with Gasteiger partial charge in [0, 0.05) is 38.0 Å². The predicted molar refractivity (Wildman–Crippen MR) is 114 cm³/mol. The fourth-order valence-corrected chi connectivity index (χ4v) is 3.58. The Morgan fingerprint density at radius 2 is 2.03 bits per heavy atom. The fourth-order valence-electron chi connectivity index (χ4n) is 3.34. The van der Waals surface area contributed by atoms with E-state index in [9.17, 15) is 18.0 Å². The zero-order chi connectivity index (χ0) is 23.9. The number of carbonyl (C=O) groups is 1. The summed E-state index contributed by atoms with van der Waals surface area (Å²) < 4.78 is 48.9. The SMILES string of the molecule is COc1cccc(-c2cc(C(F)(F)F)n3nc(C(=O)N(C)Cc4cnn(C)c4)c(Cl)c3n2)c1. The van der Waals surface area contributed by atoms with E-state index in [0.717, 1.165) is 11.6 Å². The van der Waals surface area contributed by atoms with Gasteiger partial charge < -0.3 is 9.64 Å². The first kappa shape index (κ1) is 22.6. The first-order valence-corrected chi connectivity index (χ1v) is 10.00. The van der Waals surface area contributed by atoms with Gasteiger partial charge in [-0.15, -0.1) is 0 Å². The molecule has 0 radical (unpaired) electrons. The van der Waals surface area contributed by atoms with E-state index in [-0.39, 0.29) is 28.6 Å². The van der Waals surface area contributed by atoms with Gasteiger partial charge in [-0.1, -0.05) is 23.7 Å². The molecule has 0 fully saturated rings. The third kappa shape index (κ3) is 4.36. The lowest BCUT2D eigenvalue weighted by molar-refractivity contribution is -0.142. The summed E-state index contributed by atoms with van der Waals surface area (Å²) in [5.41, 5.74) is -0.574. The molecule has 0 spiro atoms. The predicted octanol–water partition coefficient (Wildman–Crippen LogP) is 4.08. The highest BCUT2D eigenvalue weighted by molar-refractivity contribution is 6.36. The molecule has 12 heteroatoms. The third-order valence-corrected chi connectivity index (χ3v) is 5.26. The van der Waals surface area contributed by atoms with Gasteiger partial charge in [0.05, 0.1) is 19.0 Å². The van der Waals surface area contributed by atoms with Crippen molar-refractivity contribution in [2.24, 2.45) is 7.05 Å². The molecule has 33 heavy (non-hydrogen) atoms. The number of ether oxygens (including phenoxy) is 1. The lowest BCUT2D eigenvalue weighted by Crippen LogP contribution is -2.26. The van der Waals surface area contributed by atoms with E-state index in [2.05, 4.69) is 15.2 Å². The van der Waals surface area contributed by atoms with Gasteiger partial charge >= 0.3 is 6.18 Å². The van der Waals surface area contributed by atoms with E-state index >= 15 is 0 Å². The van der Waals surface area contributed by atoms with Crippen LogP contribution in [0.3, 0.4) is 0 Å². The lowest BCUT2D eigenvalue weighted by Gasteiger charge is -2.14. The summed E-state index contributed by atoms with van der Waals surface area (Å²) in [4.78, 5) is 18.5. The number of hydrogen-bond donors (Lipinski definition) is 0. The number of amides is 1. The van der Waals surface area contributed by atoms with Crippen molar-refractivity contribution in [3.8, 4) is 17.0 Å². The molecule has 4 rings (SSSR count). The van der Waals surface area contributed by atoms with Crippen LogP contribution >= 0.6 is 11.6 Å². The van der Waals surface area contributed by atoms with Crippen molar-refractivity contribution in [3.05, 3.63) is 64.7 Å². The lowest BCUT2D eigenvalue weighted by atomic mass is 10.1. The van der Waals surface area contributed by atoms with E-state index in [1.807, 2.05) is 0 Å². The van der Waals surface area contributed by atoms with Crippen molar-refractivity contribution in [1.82, 2.24) is 29.3 Å². The van der Waals surface area contributed by atoms with Crippen LogP contribution in [0.1, 0.15) is 21.7 Å². The molecule has 1 amide bonds. The van der Waals surface area contributed by atoms with Crippen LogP contribution in [0, 0.1) is 0 Å². The van der Waals surface area contributed by atoms with Crippen LogP contribution in [0.2, 0.25) is 5.02 Å². The van der Waals surface area contributed by atoms with Crippen molar-refractivity contribution < 1.29 is 22.7 Å². The highest BCUT2D eigenvalue weighted by atomic mass is 35.5. The van der Waals surface area contributed by atoms with Gasteiger partial charge in [-0.2, -0.15) is 23.4 Å². The molecule has 0 aliphatic carbocycles. The molecule has 3 aromatic heterocycles. The minimum atomic E-state index is -4.77. The monoisotopic (exact) mass is 478 g/mol. The maximum atomic E-state index is 13.9. The van der Waals surface area contributed by atoms with Crippen molar-refractivity contribution >= 4 is 23.2 Å². The first-order valence-electron chi connectivity index (χ1n) is 9.62. The molecule has 0 aliphatic heterocycles. The second-order valence-corrected chi connectivity index (χ2v) is 7.72. The largest absolute Gasteiger partial charge is 0.497 e. The van der Waals surface area contributed by atoms with Gasteiger partial charge in [-0.25, -0.2) is 9.50 Å². The Morgan fingerprint density at radius 3 is 2.67 bits per heavy atom. The summed E-state index contributed by atoms with van der Waals surface area (Å²) in [6.45, 7) is 0.172. The quantitative estimate of drug-likeness (QED) is 0.432. The van der Waals surface area contributed by atoms with Crippen molar-refractivity contribution in [3.63, 3.8) is 0 Å². The first-order chi connectivity index (χ1) is 15.6. The van der Waals surface area contributed by atoms with E-state index in [1.54, 1.807) is 48.4 Å². The normalized spacial score (nSPS) is 11.7. The minimum Gasteiger partial charge on any atom is -0.497 e. The smallest absolute Gasteiger partial charge is 0.433 e. The molecular weight excluding hydrogens is 461 g/mol. The van der Waals surface area contributed by atoms with E-state index in [1.165, 1.54) is 19.1 Å². The van der Waals surface area contributed by atoms with Crippen molar-refractivity contribution in [2.75, 3.05) is 14.2 Å². The highest BCUT2D eigenvalue weighted by Gasteiger charge is 2.37. The van der Waals surface area contributed by atoms with Crippen LogP contribution in [0.5, 0.6) is 5.75 Å². The standard InChI is InChI=1S/C21H18ClF3N6O2/c1-29(10-12-9-26-30(2)11-12)20(32)18-17(22)19-27-15(13-5-4-6-14(7-13)33-3)8-16(21(23,24)25)31(19)28-18/h4-9,11H,10H2,1-3H3. The molecule has 1 aromatic carbocycles. The van der Waals surface area contributed by atoms with Gasteiger partial charge in [-0.05, 0) is 18.2 Å². The molecule has 0 N–H and O–H groups in total. The van der Waals surface area contributed by atoms with E-state index in [4.69, 9.17) is 16.3 Å². The number of aryl methyl sites for hydroxylation is 1. The Kier molecular flexibility index (Phi) is 5.75. The molecule has 8 nitrogen and oxygen atoms in total. The Balaban J connectivity index is 1.81. The van der Waals surface area contributed by atoms with Crippen LogP contribution in [0.4, 0.5) is 13.2 Å². The number of rotatable bonds is 5. The van der Waals surface area contributed by atoms with Crippen molar-refractivity contribution in [2.45, 2.75) is 12.7 Å². The van der Waals surface area contributed by atoms with Crippen LogP contribution < -0.4 is 4.74 Å². The maximum Gasteiger partial charge on any atom is 0.433 e. The molecule has 0 bridgehead atoms. The number of benzene rings is 1. The average molecular weight is 479 g/mol. The number of halogens is 4.